The van der Waals surface area contributed by atoms with E-state index >= 15 is 0 Å². The standard InChI is InChI=1S/C6H10N2O2S/c7-11(9,10)8-6-4-2-1-3-5-6/h1-2,4,8H,3,5H2,(H2,7,9,10). The van der Waals surface area contributed by atoms with Crippen LogP contribution in [0.3, 0.4) is 0 Å². The van der Waals surface area contributed by atoms with Crippen molar-refractivity contribution in [3.05, 3.63) is 23.9 Å². The molecule has 0 unspecified atom stereocenters. The zero-order valence-corrected chi connectivity index (χ0v) is 6.76. The largest absolute Gasteiger partial charge is 0.296 e. The molecule has 0 bridgehead atoms. The minimum Gasteiger partial charge on any atom is -0.275 e. The van der Waals surface area contributed by atoms with Gasteiger partial charge in [0.25, 0.3) is 10.2 Å². The van der Waals surface area contributed by atoms with Crippen LogP contribution in [0.15, 0.2) is 23.9 Å². The maximum atomic E-state index is 10.5. The molecule has 0 aromatic carbocycles. The molecule has 1 rings (SSSR count). The maximum Gasteiger partial charge on any atom is 0.296 e. The van der Waals surface area contributed by atoms with Gasteiger partial charge in [0.2, 0.25) is 0 Å². The highest BCUT2D eigenvalue weighted by molar-refractivity contribution is 7.87. The van der Waals surface area contributed by atoms with Crippen LogP contribution in [-0.2, 0) is 10.2 Å². The molecule has 0 spiro atoms. The second kappa shape index (κ2) is 3.06. The van der Waals surface area contributed by atoms with E-state index in [0.29, 0.717) is 12.1 Å². The Balaban J connectivity index is 2.63. The van der Waals surface area contributed by atoms with Gasteiger partial charge in [0.05, 0.1) is 0 Å². The second-order valence-electron chi connectivity index (χ2n) is 2.31. The smallest absolute Gasteiger partial charge is 0.275 e. The molecule has 5 heteroatoms. The van der Waals surface area contributed by atoms with Gasteiger partial charge in [-0.15, -0.1) is 0 Å². The van der Waals surface area contributed by atoms with Crippen LogP contribution in [0.4, 0.5) is 0 Å². The zero-order chi connectivity index (χ0) is 8.32. The fourth-order valence-corrected chi connectivity index (χ4v) is 1.41. The molecule has 62 valence electrons. The SMILES string of the molecule is NS(=O)(=O)NC1=CC=CCC1. The highest BCUT2D eigenvalue weighted by Gasteiger charge is 2.04. The number of rotatable bonds is 2. The summed E-state index contributed by atoms with van der Waals surface area (Å²) in [5, 5.41) is 4.76. The van der Waals surface area contributed by atoms with Crippen LogP contribution in [0.25, 0.3) is 0 Å². The summed E-state index contributed by atoms with van der Waals surface area (Å²) in [5.74, 6) is 0. The van der Waals surface area contributed by atoms with E-state index in [1.165, 1.54) is 0 Å². The molecule has 0 radical (unpaired) electrons. The minimum atomic E-state index is -3.58. The van der Waals surface area contributed by atoms with Crippen LogP contribution in [0.5, 0.6) is 0 Å². The first-order valence-corrected chi connectivity index (χ1v) is 4.79. The highest BCUT2D eigenvalue weighted by Crippen LogP contribution is 2.08. The molecule has 0 fully saturated rings. The number of nitrogens with two attached hydrogens (primary N) is 1. The summed E-state index contributed by atoms with van der Waals surface area (Å²) in [6, 6.07) is 0. The first-order valence-electron chi connectivity index (χ1n) is 3.24. The molecule has 1 aliphatic rings. The van der Waals surface area contributed by atoms with E-state index in [4.69, 9.17) is 5.14 Å². The lowest BCUT2D eigenvalue weighted by molar-refractivity contribution is 0.588. The van der Waals surface area contributed by atoms with Gasteiger partial charge in [-0.3, -0.25) is 4.72 Å². The summed E-state index contributed by atoms with van der Waals surface area (Å²) in [5.41, 5.74) is 0.648. The molecule has 0 heterocycles. The van der Waals surface area contributed by atoms with Gasteiger partial charge in [-0.05, 0) is 18.9 Å². The van der Waals surface area contributed by atoms with Crippen molar-refractivity contribution < 1.29 is 8.42 Å². The zero-order valence-electron chi connectivity index (χ0n) is 5.95. The van der Waals surface area contributed by atoms with E-state index in [0.717, 1.165) is 6.42 Å². The molecule has 0 atom stereocenters. The molecule has 0 aliphatic heterocycles. The monoisotopic (exact) mass is 174 g/mol. The normalized spacial score (nSPS) is 17.7. The van der Waals surface area contributed by atoms with Crippen molar-refractivity contribution >= 4 is 10.2 Å². The Morgan fingerprint density at radius 2 is 2.27 bits per heavy atom. The fraction of sp³-hybridized carbons (Fsp3) is 0.333. The van der Waals surface area contributed by atoms with Gasteiger partial charge < -0.3 is 0 Å². The van der Waals surface area contributed by atoms with Gasteiger partial charge >= 0.3 is 0 Å². The summed E-state index contributed by atoms with van der Waals surface area (Å²) < 4.78 is 23.2. The van der Waals surface area contributed by atoms with Crippen molar-refractivity contribution in [1.82, 2.24) is 4.72 Å². The van der Waals surface area contributed by atoms with Crippen LogP contribution in [0.2, 0.25) is 0 Å². The second-order valence-corrected chi connectivity index (χ2v) is 3.60. The Labute approximate surface area is 66.0 Å². The minimum absolute atomic E-state index is 0.648. The predicted molar refractivity (Wildman–Crippen MR) is 42.7 cm³/mol. The Bertz CT molecular complexity index is 290. The molecule has 11 heavy (non-hydrogen) atoms. The highest BCUT2D eigenvalue weighted by atomic mass is 32.2. The fourth-order valence-electron chi connectivity index (χ4n) is 0.870. The topological polar surface area (TPSA) is 72.2 Å². The van der Waals surface area contributed by atoms with Gasteiger partial charge in [-0.2, -0.15) is 8.42 Å². The Morgan fingerprint density at radius 3 is 2.73 bits per heavy atom. The number of allylic oxidation sites excluding steroid dienone is 4. The summed E-state index contributed by atoms with van der Waals surface area (Å²) in [4.78, 5) is 0. The van der Waals surface area contributed by atoms with Crippen LogP contribution in [-0.4, -0.2) is 8.42 Å². The number of nitrogens with one attached hydrogen (secondary N) is 1. The third kappa shape index (κ3) is 3.20. The van der Waals surface area contributed by atoms with E-state index in [-0.39, 0.29) is 0 Å². The summed E-state index contributed by atoms with van der Waals surface area (Å²) in [6.07, 6.45) is 7.03. The molecule has 0 amide bonds. The van der Waals surface area contributed by atoms with Crippen molar-refractivity contribution in [3.63, 3.8) is 0 Å². The van der Waals surface area contributed by atoms with Crippen molar-refractivity contribution in [3.8, 4) is 0 Å². The molecule has 0 saturated carbocycles. The Kier molecular flexibility index (Phi) is 2.31. The lowest BCUT2D eigenvalue weighted by Gasteiger charge is -2.08. The quantitative estimate of drug-likeness (QED) is 0.619. The van der Waals surface area contributed by atoms with Crippen molar-refractivity contribution in [2.75, 3.05) is 0 Å². The average Bonchev–Trinajstić information content (AvgIpc) is 1.85. The van der Waals surface area contributed by atoms with E-state index in [2.05, 4.69) is 4.72 Å². The van der Waals surface area contributed by atoms with E-state index < -0.39 is 10.2 Å². The third-order valence-corrected chi connectivity index (χ3v) is 1.83. The molecule has 1 aliphatic carbocycles. The Hall–Kier alpha value is -0.810. The first kappa shape index (κ1) is 8.29. The van der Waals surface area contributed by atoms with Crippen LogP contribution in [0.1, 0.15) is 12.8 Å². The molecule has 4 nitrogen and oxygen atoms in total. The third-order valence-electron chi connectivity index (χ3n) is 1.29. The van der Waals surface area contributed by atoms with E-state index in [1.807, 2.05) is 6.08 Å². The van der Waals surface area contributed by atoms with Crippen molar-refractivity contribution in [2.45, 2.75) is 12.8 Å². The number of hydrogen-bond acceptors (Lipinski definition) is 2. The van der Waals surface area contributed by atoms with Crippen molar-refractivity contribution in [1.29, 1.82) is 0 Å². The molecule has 3 N–H and O–H groups in total. The maximum absolute atomic E-state index is 10.5. The van der Waals surface area contributed by atoms with Crippen LogP contribution < -0.4 is 9.86 Å². The molecule has 0 aromatic rings. The van der Waals surface area contributed by atoms with Gasteiger partial charge in [0.1, 0.15) is 0 Å². The average molecular weight is 174 g/mol. The van der Waals surface area contributed by atoms with Gasteiger partial charge in [-0.1, -0.05) is 12.2 Å². The van der Waals surface area contributed by atoms with Gasteiger partial charge in [0, 0.05) is 5.70 Å². The number of hydrogen-bond donors (Lipinski definition) is 2. The van der Waals surface area contributed by atoms with Crippen molar-refractivity contribution in [2.24, 2.45) is 5.14 Å². The summed E-state index contributed by atoms with van der Waals surface area (Å²) in [7, 11) is -3.58. The molecule has 0 saturated heterocycles. The molecular weight excluding hydrogens is 164 g/mol. The lowest BCUT2D eigenvalue weighted by Crippen LogP contribution is -2.30. The first-order chi connectivity index (χ1) is 5.08. The van der Waals surface area contributed by atoms with E-state index in [9.17, 15) is 8.42 Å². The van der Waals surface area contributed by atoms with Gasteiger partial charge in [0.15, 0.2) is 0 Å². The summed E-state index contributed by atoms with van der Waals surface area (Å²) >= 11 is 0. The molecular formula is C6H10N2O2S. The lowest BCUT2D eigenvalue weighted by atomic mass is 10.1. The Morgan fingerprint density at radius 1 is 1.55 bits per heavy atom. The van der Waals surface area contributed by atoms with Crippen LogP contribution >= 0.6 is 0 Å². The predicted octanol–water partition coefficient (Wildman–Crippen LogP) is 0.0134. The van der Waals surface area contributed by atoms with Gasteiger partial charge in [-0.25, -0.2) is 5.14 Å². The van der Waals surface area contributed by atoms with Crippen LogP contribution in [0, 0.1) is 0 Å². The summed E-state index contributed by atoms with van der Waals surface area (Å²) in [6.45, 7) is 0. The van der Waals surface area contributed by atoms with E-state index in [1.54, 1.807) is 12.2 Å². The molecule has 0 aromatic heterocycles.